The minimum atomic E-state index is 0.348. The van der Waals surface area contributed by atoms with Crippen LogP contribution in [0.2, 0.25) is 5.02 Å². The summed E-state index contributed by atoms with van der Waals surface area (Å²) in [6, 6.07) is 7.92. The van der Waals surface area contributed by atoms with Gasteiger partial charge in [-0.05, 0) is 24.7 Å². The molecule has 3 nitrogen and oxygen atoms in total. The second-order valence-corrected chi connectivity index (χ2v) is 4.07. The Morgan fingerprint density at radius 1 is 1.50 bits per heavy atom. The molecule has 0 atom stereocenters. The lowest BCUT2D eigenvalue weighted by molar-refractivity contribution is 0.806. The average Bonchev–Trinajstić information content (AvgIpc) is 2.58. The van der Waals surface area contributed by atoms with Crippen molar-refractivity contribution in [1.29, 1.82) is 5.26 Å². The zero-order chi connectivity index (χ0) is 11.5. The van der Waals surface area contributed by atoms with Crippen LogP contribution in [-0.4, -0.2) is 11.6 Å². The van der Waals surface area contributed by atoms with E-state index in [2.05, 4.69) is 11.4 Å². The molecule has 0 aliphatic carbocycles. The standard InChI is InChI=1S/C12H12ClN3/c1-15-7-9-8-16(5-4-14)12-6-10(13)2-3-11(9)12/h2-3,6,8,15H,5,7H2,1H3. The summed E-state index contributed by atoms with van der Waals surface area (Å²) in [6.07, 6.45) is 2.00. The van der Waals surface area contributed by atoms with Crippen molar-refractivity contribution in [2.24, 2.45) is 0 Å². The number of aromatic nitrogens is 1. The molecule has 0 saturated carbocycles. The van der Waals surface area contributed by atoms with Gasteiger partial charge in [-0.3, -0.25) is 0 Å². The Labute approximate surface area is 99.2 Å². The number of hydrogen-bond acceptors (Lipinski definition) is 2. The topological polar surface area (TPSA) is 40.8 Å². The number of rotatable bonds is 3. The highest BCUT2D eigenvalue weighted by molar-refractivity contribution is 6.31. The minimum Gasteiger partial charge on any atom is -0.333 e. The van der Waals surface area contributed by atoms with E-state index in [1.807, 2.05) is 36.0 Å². The van der Waals surface area contributed by atoms with E-state index >= 15 is 0 Å². The third kappa shape index (κ3) is 1.90. The van der Waals surface area contributed by atoms with Crippen molar-refractivity contribution in [3.63, 3.8) is 0 Å². The highest BCUT2D eigenvalue weighted by atomic mass is 35.5. The molecule has 4 heteroatoms. The average molecular weight is 234 g/mol. The van der Waals surface area contributed by atoms with Crippen LogP contribution >= 0.6 is 11.6 Å². The van der Waals surface area contributed by atoms with E-state index in [4.69, 9.17) is 16.9 Å². The van der Waals surface area contributed by atoms with Gasteiger partial charge < -0.3 is 9.88 Å². The molecule has 0 spiro atoms. The van der Waals surface area contributed by atoms with Gasteiger partial charge in [0, 0.05) is 23.2 Å². The van der Waals surface area contributed by atoms with E-state index in [0.717, 1.165) is 17.4 Å². The Balaban J connectivity index is 2.62. The molecule has 1 heterocycles. The second-order valence-electron chi connectivity index (χ2n) is 3.63. The SMILES string of the molecule is CNCc1cn(CC#N)c2cc(Cl)ccc12. The van der Waals surface area contributed by atoms with Crippen molar-refractivity contribution in [2.75, 3.05) is 7.05 Å². The number of hydrogen-bond donors (Lipinski definition) is 1. The number of halogens is 1. The van der Waals surface area contributed by atoms with Crippen LogP contribution in [0.25, 0.3) is 10.9 Å². The fourth-order valence-corrected chi connectivity index (χ4v) is 2.05. The van der Waals surface area contributed by atoms with Crippen molar-refractivity contribution < 1.29 is 0 Å². The summed E-state index contributed by atoms with van der Waals surface area (Å²) in [5, 5.41) is 13.7. The largest absolute Gasteiger partial charge is 0.333 e. The molecule has 0 aliphatic rings. The van der Waals surface area contributed by atoms with Crippen LogP contribution in [0.1, 0.15) is 5.56 Å². The first kappa shape index (κ1) is 11.0. The van der Waals surface area contributed by atoms with Gasteiger partial charge in [0.15, 0.2) is 0 Å². The monoisotopic (exact) mass is 233 g/mol. The Morgan fingerprint density at radius 3 is 3.00 bits per heavy atom. The van der Waals surface area contributed by atoms with Gasteiger partial charge >= 0.3 is 0 Å². The normalized spacial score (nSPS) is 10.6. The molecule has 16 heavy (non-hydrogen) atoms. The smallest absolute Gasteiger partial charge is 0.110 e. The van der Waals surface area contributed by atoms with Crippen LogP contribution in [0.15, 0.2) is 24.4 Å². The molecule has 2 rings (SSSR count). The molecular weight excluding hydrogens is 222 g/mol. The zero-order valence-electron chi connectivity index (χ0n) is 9.00. The van der Waals surface area contributed by atoms with Gasteiger partial charge in [-0.2, -0.15) is 5.26 Å². The quantitative estimate of drug-likeness (QED) is 0.885. The fourth-order valence-electron chi connectivity index (χ4n) is 1.88. The lowest BCUT2D eigenvalue weighted by Gasteiger charge is -1.98. The predicted molar refractivity (Wildman–Crippen MR) is 65.3 cm³/mol. The molecule has 1 aromatic heterocycles. The first-order valence-electron chi connectivity index (χ1n) is 5.05. The lowest BCUT2D eigenvalue weighted by Crippen LogP contribution is -2.04. The van der Waals surface area contributed by atoms with Gasteiger partial charge in [0.1, 0.15) is 6.54 Å². The van der Waals surface area contributed by atoms with E-state index < -0.39 is 0 Å². The van der Waals surface area contributed by atoms with E-state index in [1.54, 1.807) is 0 Å². The second kappa shape index (κ2) is 4.56. The van der Waals surface area contributed by atoms with E-state index in [1.165, 1.54) is 5.56 Å². The summed E-state index contributed by atoms with van der Waals surface area (Å²) in [4.78, 5) is 0. The van der Waals surface area contributed by atoms with Gasteiger partial charge in [-0.1, -0.05) is 17.7 Å². The number of nitrogens with one attached hydrogen (secondary N) is 1. The molecule has 0 saturated heterocycles. The van der Waals surface area contributed by atoms with Crippen molar-refractivity contribution in [3.05, 3.63) is 35.0 Å². The van der Waals surface area contributed by atoms with E-state index in [0.29, 0.717) is 11.6 Å². The lowest BCUT2D eigenvalue weighted by atomic mass is 10.2. The Hall–Kier alpha value is -1.50. The fraction of sp³-hybridized carbons (Fsp3) is 0.250. The zero-order valence-corrected chi connectivity index (χ0v) is 9.75. The molecule has 1 N–H and O–H groups in total. The van der Waals surface area contributed by atoms with Crippen LogP contribution in [0.4, 0.5) is 0 Å². The summed E-state index contributed by atoms with van der Waals surface area (Å²) in [7, 11) is 1.91. The highest BCUT2D eigenvalue weighted by Gasteiger charge is 2.07. The van der Waals surface area contributed by atoms with Crippen molar-refractivity contribution in [2.45, 2.75) is 13.1 Å². The summed E-state index contributed by atoms with van der Waals surface area (Å²) in [5.74, 6) is 0. The molecule has 0 fully saturated rings. The van der Waals surface area contributed by atoms with Crippen LogP contribution < -0.4 is 5.32 Å². The first-order valence-corrected chi connectivity index (χ1v) is 5.43. The number of nitrogens with zero attached hydrogens (tertiary/aromatic N) is 2. The molecule has 2 aromatic rings. The Kier molecular flexibility index (Phi) is 3.14. The Bertz CT molecular complexity index is 551. The number of benzene rings is 1. The molecule has 1 aromatic carbocycles. The van der Waals surface area contributed by atoms with Crippen molar-refractivity contribution >= 4 is 22.5 Å². The molecule has 0 bridgehead atoms. The molecule has 0 unspecified atom stereocenters. The predicted octanol–water partition coefficient (Wildman–Crippen LogP) is 2.54. The van der Waals surface area contributed by atoms with E-state index in [-0.39, 0.29) is 0 Å². The summed E-state index contributed by atoms with van der Waals surface area (Å²) in [5.41, 5.74) is 2.20. The van der Waals surface area contributed by atoms with Crippen molar-refractivity contribution in [1.82, 2.24) is 9.88 Å². The number of fused-ring (bicyclic) bond motifs is 1. The van der Waals surface area contributed by atoms with Gasteiger partial charge in [0.25, 0.3) is 0 Å². The maximum absolute atomic E-state index is 8.77. The first-order chi connectivity index (χ1) is 7.76. The summed E-state index contributed by atoms with van der Waals surface area (Å²) in [6.45, 7) is 1.14. The highest BCUT2D eigenvalue weighted by Crippen LogP contribution is 2.24. The van der Waals surface area contributed by atoms with Gasteiger partial charge in [0.05, 0.1) is 11.6 Å². The van der Waals surface area contributed by atoms with Gasteiger partial charge in [-0.15, -0.1) is 0 Å². The van der Waals surface area contributed by atoms with Crippen LogP contribution in [0.5, 0.6) is 0 Å². The summed E-state index contributed by atoms with van der Waals surface area (Å²) >= 11 is 5.97. The summed E-state index contributed by atoms with van der Waals surface area (Å²) < 4.78 is 1.92. The number of nitriles is 1. The third-order valence-electron chi connectivity index (χ3n) is 2.54. The molecule has 0 amide bonds. The van der Waals surface area contributed by atoms with Crippen LogP contribution in [0, 0.1) is 11.3 Å². The molecular formula is C12H12ClN3. The van der Waals surface area contributed by atoms with Gasteiger partial charge in [0.2, 0.25) is 0 Å². The van der Waals surface area contributed by atoms with Crippen LogP contribution in [-0.2, 0) is 13.1 Å². The van der Waals surface area contributed by atoms with Gasteiger partial charge in [-0.25, -0.2) is 0 Å². The van der Waals surface area contributed by atoms with Crippen molar-refractivity contribution in [3.8, 4) is 6.07 Å². The molecule has 82 valence electrons. The Morgan fingerprint density at radius 2 is 2.31 bits per heavy atom. The third-order valence-corrected chi connectivity index (χ3v) is 2.77. The molecule has 0 aliphatic heterocycles. The van der Waals surface area contributed by atoms with E-state index in [9.17, 15) is 0 Å². The maximum atomic E-state index is 8.77. The molecule has 0 radical (unpaired) electrons. The van der Waals surface area contributed by atoms with Crippen LogP contribution in [0.3, 0.4) is 0 Å². The maximum Gasteiger partial charge on any atom is 0.110 e. The minimum absolute atomic E-state index is 0.348.